The van der Waals surface area contributed by atoms with Crippen LogP contribution in [0, 0.1) is 13.8 Å². The molecule has 1 aromatic carbocycles. The maximum atomic E-state index is 12.6. The molecular weight excluding hydrogens is 356 g/mol. The van der Waals surface area contributed by atoms with Gasteiger partial charge in [0.2, 0.25) is 0 Å². The number of aliphatic imine (C=N–C) groups is 1. The minimum Gasteiger partial charge on any atom is -0.858 e. The van der Waals surface area contributed by atoms with Crippen molar-refractivity contribution in [3.8, 4) is 0 Å². The van der Waals surface area contributed by atoms with Crippen molar-refractivity contribution in [2.45, 2.75) is 26.7 Å². The summed E-state index contributed by atoms with van der Waals surface area (Å²) in [7, 11) is 0. The topological polar surface area (TPSA) is 114 Å². The Balaban J connectivity index is 1.68. The molecule has 0 saturated heterocycles. The molecule has 0 radical (unpaired) electrons. The molecule has 0 aliphatic rings. The second-order valence-corrected chi connectivity index (χ2v) is 6.60. The molecule has 4 rings (SSSR count). The summed E-state index contributed by atoms with van der Waals surface area (Å²) in [5, 5.41) is 22.5. The highest BCUT2D eigenvalue weighted by Crippen LogP contribution is 2.15. The number of rotatable bonds is 5. The van der Waals surface area contributed by atoms with E-state index in [4.69, 9.17) is 0 Å². The molecule has 0 atom stereocenters. The summed E-state index contributed by atoms with van der Waals surface area (Å²) in [5.74, 6) is -0.449. The first kappa shape index (κ1) is 17.7. The van der Waals surface area contributed by atoms with Crippen molar-refractivity contribution in [3.05, 3.63) is 81.2 Å². The maximum Gasteiger partial charge on any atom is 0.272 e. The van der Waals surface area contributed by atoms with Crippen LogP contribution in [-0.4, -0.2) is 30.7 Å². The van der Waals surface area contributed by atoms with Crippen molar-refractivity contribution in [2.75, 3.05) is 0 Å². The molecule has 3 aromatic heterocycles. The Hall–Kier alpha value is -3.68. The highest BCUT2D eigenvalue weighted by atomic mass is 16.3. The average Bonchev–Trinajstić information content (AvgIpc) is 3.25. The largest absolute Gasteiger partial charge is 0.858 e. The van der Waals surface area contributed by atoms with Crippen LogP contribution in [0.1, 0.15) is 28.2 Å². The normalized spacial score (nSPS) is 12.0. The van der Waals surface area contributed by atoms with E-state index in [0.29, 0.717) is 24.2 Å². The van der Waals surface area contributed by atoms with Crippen molar-refractivity contribution >= 4 is 17.2 Å². The Morgan fingerprint density at radius 3 is 2.71 bits per heavy atom. The zero-order valence-electron chi connectivity index (χ0n) is 15.6. The van der Waals surface area contributed by atoms with Gasteiger partial charge in [0.25, 0.3) is 5.56 Å². The molecule has 4 aromatic rings. The number of aromatic amines is 2. The number of aromatic nitrogens is 5. The average molecular weight is 375 g/mol. The number of hydrogen-bond acceptors (Lipinski definition) is 5. The fraction of sp³-hybridized carbons (Fsp3) is 0.200. The summed E-state index contributed by atoms with van der Waals surface area (Å²) < 4.78 is 1.26. The number of aryl methyl sites for hydroxylation is 3. The third-order valence-electron chi connectivity index (χ3n) is 4.68. The molecule has 0 bridgehead atoms. The first-order valence-corrected chi connectivity index (χ1v) is 8.94. The van der Waals surface area contributed by atoms with E-state index >= 15 is 0 Å². The summed E-state index contributed by atoms with van der Waals surface area (Å²) in [6.07, 6.45) is 2.74. The second kappa shape index (κ2) is 7.15. The monoisotopic (exact) mass is 375 g/mol. The standard InChI is InChI=1S/C20H20N6O2/c1-12-16(13(2)25-24-12)9-8-15-10-18(27)26-19(22-15)17(11-21-26)20(28)23-14-6-4-3-5-7-14/h3-7,10-11,21H,8-9H2,1-2H3,(H,23,28)(H,24,25)/p-1. The number of fused-ring (bicyclic) bond motifs is 1. The lowest BCUT2D eigenvalue weighted by Gasteiger charge is -2.09. The summed E-state index contributed by atoms with van der Waals surface area (Å²) in [5.41, 5.74) is 4.52. The van der Waals surface area contributed by atoms with Crippen molar-refractivity contribution in [2.24, 2.45) is 4.99 Å². The van der Waals surface area contributed by atoms with E-state index in [-0.39, 0.29) is 16.8 Å². The number of hydrogen-bond donors (Lipinski definition) is 2. The molecule has 0 aliphatic carbocycles. The van der Waals surface area contributed by atoms with Crippen molar-refractivity contribution < 1.29 is 5.11 Å². The van der Waals surface area contributed by atoms with Crippen LogP contribution >= 0.6 is 0 Å². The van der Waals surface area contributed by atoms with Crippen LogP contribution in [0.4, 0.5) is 5.69 Å². The molecule has 0 fully saturated rings. The van der Waals surface area contributed by atoms with Crippen molar-refractivity contribution in [1.82, 2.24) is 24.8 Å². The van der Waals surface area contributed by atoms with Gasteiger partial charge in [-0.05, 0) is 44.4 Å². The smallest absolute Gasteiger partial charge is 0.272 e. The lowest BCUT2D eigenvalue weighted by atomic mass is 10.1. The number of benzene rings is 1. The van der Waals surface area contributed by atoms with E-state index in [2.05, 4.69) is 25.3 Å². The summed E-state index contributed by atoms with van der Waals surface area (Å²) in [4.78, 5) is 21.1. The number of para-hydroxylation sites is 1. The minimum atomic E-state index is -0.449. The van der Waals surface area contributed by atoms with Crippen molar-refractivity contribution in [3.63, 3.8) is 0 Å². The fourth-order valence-corrected chi connectivity index (χ4v) is 3.19. The Labute approximate surface area is 160 Å². The SMILES string of the molecule is Cc1n[nH]c(C)c1CCc1cc(=O)n2[nH]cc(C([O-])=Nc3ccccc3)c2n1. The molecule has 0 saturated carbocycles. The van der Waals surface area contributed by atoms with Crippen molar-refractivity contribution in [1.29, 1.82) is 0 Å². The molecule has 28 heavy (non-hydrogen) atoms. The first-order chi connectivity index (χ1) is 13.5. The predicted octanol–water partition coefficient (Wildman–Crippen LogP) is 1.59. The number of nitrogens with one attached hydrogen (secondary N) is 2. The first-order valence-electron chi connectivity index (χ1n) is 8.94. The summed E-state index contributed by atoms with van der Waals surface area (Å²) in [6.45, 7) is 3.91. The maximum absolute atomic E-state index is 12.6. The molecular formula is C20H19N6O2-. The van der Waals surface area contributed by atoms with Crippen LogP contribution in [0.15, 0.2) is 52.4 Å². The van der Waals surface area contributed by atoms with Crippen LogP contribution in [0.3, 0.4) is 0 Å². The minimum absolute atomic E-state index is 0.262. The summed E-state index contributed by atoms with van der Waals surface area (Å²) >= 11 is 0. The van der Waals surface area contributed by atoms with Gasteiger partial charge in [-0.1, -0.05) is 18.2 Å². The van der Waals surface area contributed by atoms with Gasteiger partial charge >= 0.3 is 0 Å². The summed E-state index contributed by atoms with van der Waals surface area (Å²) in [6, 6.07) is 10.4. The third kappa shape index (κ3) is 3.32. The van der Waals surface area contributed by atoms with E-state index in [1.165, 1.54) is 16.8 Å². The zero-order chi connectivity index (χ0) is 19.7. The second-order valence-electron chi connectivity index (χ2n) is 6.60. The molecule has 0 amide bonds. The molecule has 0 unspecified atom stereocenters. The van der Waals surface area contributed by atoms with E-state index in [1.54, 1.807) is 12.1 Å². The molecule has 3 heterocycles. The Morgan fingerprint density at radius 2 is 2.00 bits per heavy atom. The van der Waals surface area contributed by atoms with Crippen LogP contribution in [0.2, 0.25) is 0 Å². The van der Waals surface area contributed by atoms with Gasteiger partial charge in [-0.15, -0.1) is 0 Å². The highest BCUT2D eigenvalue weighted by Gasteiger charge is 2.12. The van der Waals surface area contributed by atoms with E-state index < -0.39 is 5.90 Å². The molecule has 8 nitrogen and oxygen atoms in total. The van der Waals surface area contributed by atoms with Gasteiger partial charge in [-0.2, -0.15) is 5.10 Å². The Kier molecular flexibility index (Phi) is 4.52. The highest BCUT2D eigenvalue weighted by molar-refractivity contribution is 5.97. The number of H-pyrrole nitrogens is 2. The zero-order valence-corrected chi connectivity index (χ0v) is 15.6. The Morgan fingerprint density at radius 1 is 1.21 bits per heavy atom. The number of nitrogens with zero attached hydrogens (tertiary/aromatic N) is 4. The van der Waals surface area contributed by atoms with Crippen LogP contribution < -0.4 is 10.7 Å². The van der Waals surface area contributed by atoms with Gasteiger partial charge in [-0.25, -0.2) is 9.50 Å². The van der Waals surface area contributed by atoms with E-state index in [9.17, 15) is 9.90 Å². The van der Waals surface area contributed by atoms with Crippen LogP contribution in [0.5, 0.6) is 0 Å². The predicted molar refractivity (Wildman–Crippen MR) is 104 cm³/mol. The van der Waals surface area contributed by atoms with Gasteiger partial charge in [0.15, 0.2) is 5.65 Å². The lowest BCUT2D eigenvalue weighted by Crippen LogP contribution is -2.21. The molecule has 0 spiro atoms. The van der Waals surface area contributed by atoms with E-state index in [0.717, 1.165) is 17.0 Å². The Bertz CT molecular complexity index is 1200. The van der Waals surface area contributed by atoms with Gasteiger partial charge < -0.3 is 5.11 Å². The van der Waals surface area contributed by atoms with Gasteiger partial charge in [0, 0.05) is 35.1 Å². The molecule has 8 heteroatoms. The van der Waals surface area contributed by atoms with E-state index in [1.807, 2.05) is 32.0 Å². The van der Waals surface area contributed by atoms with Crippen LogP contribution in [-0.2, 0) is 12.8 Å². The van der Waals surface area contributed by atoms with Crippen LogP contribution in [0.25, 0.3) is 5.65 Å². The lowest BCUT2D eigenvalue weighted by molar-refractivity contribution is -0.212. The van der Waals surface area contributed by atoms with Gasteiger partial charge in [-0.3, -0.25) is 20.0 Å². The fourth-order valence-electron chi connectivity index (χ4n) is 3.19. The molecule has 0 aliphatic heterocycles. The molecule has 142 valence electrons. The van der Waals surface area contributed by atoms with Gasteiger partial charge in [0.05, 0.1) is 11.4 Å². The van der Waals surface area contributed by atoms with Gasteiger partial charge in [0.1, 0.15) is 0 Å². The quantitative estimate of drug-likeness (QED) is 0.407. The molecule has 2 N–H and O–H groups in total. The third-order valence-corrected chi connectivity index (χ3v) is 4.68.